The molecular formula is C23H27NO3S. The van der Waals surface area contributed by atoms with Crippen molar-refractivity contribution in [2.24, 2.45) is 11.8 Å². The Morgan fingerprint density at radius 2 is 1.86 bits per heavy atom. The molecule has 0 spiro atoms. The molecule has 4 nitrogen and oxygen atoms in total. The molecule has 2 aliphatic carbocycles. The van der Waals surface area contributed by atoms with Crippen molar-refractivity contribution >= 4 is 21.4 Å². The Kier molecular flexibility index (Phi) is 5.04. The van der Waals surface area contributed by atoms with Crippen LogP contribution in [0.25, 0.3) is 0 Å². The van der Waals surface area contributed by atoms with Crippen LogP contribution in [0.2, 0.25) is 0 Å². The molecule has 2 aromatic carbocycles. The number of aryl methyl sites for hydroxylation is 1. The van der Waals surface area contributed by atoms with Crippen molar-refractivity contribution in [2.75, 3.05) is 11.2 Å². The average molecular weight is 398 g/mol. The van der Waals surface area contributed by atoms with E-state index in [4.69, 9.17) is 0 Å². The molecule has 0 radical (unpaired) electrons. The molecule has 4 rings (SSSR count). The third-order valence-corrected chi connectivity index (χ3v) is 7.47. The fourth-order valence-electron chi connectivity index (χ4n) is 4.91. The number of carbonyl (C=O) groups is 1. The van der Waals surface area contributed by atoms with Gasteiger partial charge in [-0.05, 0) is 73.4 Å². The van der Waals surface area contributed by atoms with Crippen LogP contribution in [0, 0.1) is 11.8 Å². The molecule has 2 fully saturated rings. The first-order chi connectivity index (χ1) is 13.4. The number of hydrogen-bond donors (Lipinski definition) is 0. The summed E-state index contributed by atoms with van der Waals surface area (Å²) in [5, 5.41) is 0. The molecule has 0 aliphatic heterocycles. The second-order valence-corrected chi connectivity index (χ2v) is 10.3. The molecule has 0 saturated heterocycles. The molecule has 3 atom stereocenters. The van der Waals surface area contributed by atoms with Gasteiger partial charge in [-0.1, -0.05) is 31.5 Å². The quantitative estimate of drug-likeness (QED) is 0.747. The number of fused-ring (bicyclic) bond motifs is 2. The topological polar surface area (TPSA) is 54.5 Å². The number of benzene rings is 2. The van der Waals surface area contributed by atoms with E-state index in [1.165, 1.54) is 37.1 Å². The van der Waals surface area contributed by atoms with Crippen LogP contribution in [0.15, 0.2) is 53.4 Å². The van der Waals surface area contributed by atoms with Crippen molar-refractivity contribution in [3.63, 3.8) is 0 Å². The Labute approximate surface area is 167 Å². The molecule has 2 aliphatic rings. The van der Waals surface area contributed by atoms with Crippen molar-refractivity contribution in [3.05, 3.63) is 59.7 Å². The second-order valence-electron chi connectivity index (χ2n) is 8.24. The Balaban J connectivity index is 1.76. The molecule has 0 heterocycles. The number of nitrogens with zero attached hydrogens (tertiary/aromatic N) is 1. The van der Waals surface area contributed by atoms with Gasteiger partial charge in [0.15, 0.2) is 9.84 Å². The maximum atomic E-state index is 13.6. The highest BCUT2D eigenvalue weighted by Crippen LogP contribution is 2.48. The van der Waals surface area contributed by atoms with Gasteiger partial charge in [0, 0.05) is 23.5 Å². The van der Waals surface area contributed by atoms with Crippen LogP contribution in [0.4, 0.5) is 5.69 Å². The van der Waals surface area contributed by atoms with E-state index in [0.717, 1.165) is 18.5 Å². The first-order valence-electron chi connectivity index (χ1n) is 10.1. The Bertz CT molecular complexity index is 998. The lowest BCUT2D eigenvalue weighted by Gasteiger charge is -2.35. The maximum Gasteiger partial charge on any atom is 0.258 e. The Hall–Kier alpha value is -2.14. The van der Waals surface area contributed by atoms with Crippen LogP contribution in [0.1, 0.15) is 48.5 Å². The third-order valence-electron chi connectivity index (χ3n) is 6.36. The summed E-state index contributed by atoms with van der Waals surface area (Å²) in [4.78, 5) is 15.8. The lowest BCUT2D eigenvalue weighted by molar-refractivity contribution is 0.0967. The van der Waals surface area contributed by atoms with E-state index < -0.39 is 9.84 Å². The van der Waals surface area contributed by atoms with Gasteiger partial charge in [0.1, 0.15) is 0 Å². The normalized spacial score (nSPS) is 23.7. The minimum absolute atomic E-state index is 0.101. The summed E-state index contributed by atoms with van der Waals surface area (Å²) in [6.45, 7) is 2.11. The van der Waals surface area contributed by atoms with Crippen molar-refractivity contribution in [3.8, 4) is 0 Å². The largest absolute Gasteiger partial charge is 0.305 e. The van der Waals surface area contributed by atoms with Crippen molar-refractivity contribution in [1.82, 2.24) is 0 Å². The zero-order chi connectivity index (χ0) is 19.9. The highest BCUT2D eigenvalue weighted by Gasteiger charge is 2.44. The lowest BCUT2D eigenvalue weighted by Crippen LogP contribution is -2.43. The fraction of sp³-hybridized carbons (Fsp3) is 0.435. The van der Waals surface area contributed by atoms with E-state index >= 15 is 0 Å². The Morgan fingerprint density at radius 3 is 2.50 bits per heavy atom. The van der Waals surface area contributed by atoms with Gasteiger partial charge in [0.2, 0.25) is 0 Å². The van der Waals surface area contributed by atoms with Crippen molar-refractivity contribution in [1.29, 1.82) is 0 Å². The molecule has 2 saturated carbocycles. The molecule has 1 amide bonds. The number of anilines is 1. The Morgan fingerprint density at radius 1 is 1.07 bits per heavy atom. The summed E-state index contributed by atoms with van der Waals surface area (Å²) in [5.74, 6) is 1.15. The predicted molar refractivity (Wildman–Crippen MR) is 111 cm³/mol. The highest BCUT2D eigenvalue weighted by molar-refractivity contribution is 7.90. The van der Waals surface area contributed by atoms with E-state index in [-0.39, 0.29) is 16.8 Å². The van der Waals surface area contributed by atoms with Gasteiger partial charge in [-0.2, -0.15) is 0 Å². The summed E-state index contributed by atoms with van der Waals surface area (Å²) in [7, 11) is -3.36. The number of amides is 1. The van der Waals surface area contributed by atoms with Crippen LogP contribution in [-0.2, 0) is 16.3 Å². The standard InChI is InChI=1S/C23H27NO3S/c1-3-16-6-4-8-20(13-16)24(22-14-17-10-11-18(22)12-17)23(25)19-7-5-9-21(15-19)28(2,26)27/h4-9,13,15,17-18,22H,3,10-12,14H2,1-2H3/t17-,18-,22+/m0/s1. The van der Waals surface area contributed by atoms with E-state index in [9.17, 15) is 13.2 Å². The van der Waals surface area contributed by atoms with Crippen LogP contribution >= 0.6 is 0 Å². The summed E-state index contributed by atoms with van der Waals surface area (Å²) in [6, 6.07) is 14.8. The SMILES string of the molecule is CCc1cccc(N(C(=O)c2cccc(S(C)(=O)=O)c2)[C@@H]2C[C@H]3CC[C@H]2C3)c1. The van der Waals surface area contributed by atoms with E-state index in [1.54, 1.807) is 18.2 Å². The third kappa shape index (κ3) is 3.60. The van der Waals surface area contributed by atoms with Crippen LogP contribution in [-0.4, -0.2) is 26.6 Å². The van der Waals surface area contributed by atoms with Crippen molar-refractivity contribution in [2.45, 2.75) is 50.0 Å². The highest BCUT2D eigenvalue weighted by atomic mass is 32.2. The molecule has 0 N–H and O–H groups in total. The average Bonchev–Trinajstić information content (AvgIpc) is 3.31. The minimum Gasteiger partial charge on any atom is -0.305 e. The molecule has 28 heavy (non-hydrogen) atoms. The fourth-order valence-corrected chi connectivity index (χ4v) is 5.58. The van der Waals surface area contributed by atoms with Gasteiger partial charge >= 0.3 is 0 Å². The van der Waals surface area contributed by atoms with Gasteiger partial charge in [0.05, 0.1) is 4.90 Å². The van der Waals surface area contributed by atoms with E-state index in [1.807, 2.05) is 17.0 Å². The van der Waals surface area contributed by atoms with E-state index in [2.05, 4.69) is 19.1 Å². The second kappa shape index (κ2) is 7.36. The summed E-state index contributed by atoms with van der Waals surface area (Å²) in [5.41, 5.74) is 2.56. The molecular weight excluding hydrogens is 370 g/mol. The first-order valence-corrected chi connectivity index (χ1v) is 12.0. The summed E-state index contributed by atoms with van der Waals surface area (Å²) in [6.07, 6.45) is 6.77. The molecule has 0 aromatic heterocycles. The monoisotopic (exact) mass is 397 g/mol. The number of rotatable bonds is 5. The summed E-state index contributed by atoms with van der Waals surface area (Å²) < 4.78 is 23.9. The molecule has 2 bridgehead atoms. The molecule has 5 heteroatoms. The molecule has 0 unspecified atom stereocenters. The van der Waals surface area contributed by atoms with Crippen LogP contribution < -0.4 is 4.90 Å². The first kappa shape index (κ1) is 19.2. The van der Waals surface area contributed by atoms with Gasteiger partial charge in [-0.3, -0.25) is 4.79 Å². The van der Waals surface area contributed by atoms with Crippen LogP contribution in [0.5, 0.6) is 0 Å². The molecule has 2 aromatic rings. The smallest absolute Gasteiger partial charge is 0.258 e. The number of carbonyl (C=O) groups excluding carboxylic acids is 1. The van der Waals surface area contributed by atoms with Gasteiger partial charge < -0.3 is 4.90 Å². The number of sulfone groups is 1. The lowest BCUT2D eigenvalue weighted by atomic mass is 9.92. The molecule has 148 valence electrons. The number of hydrogen-bond acceptors (Lipinski definition) is 3. The summed E-state index contributed by atoms with van der Waals surface area (Å²) >= 11 is 0. The van der Waals surface area contributed by atoms with Crippen molar-refractivity contribution < 1.29 is 13.2 Å². The zero-order valence-electron chi connectivity index (χ0n) is 16.5. The minimum atomic E-state index is -3.36. The zero-order valence-corrected chi connectivity index (χ0v) is 17.3. The van der Waals surface area contributed by atoms with Gasteiger partial charge in [0.25, 0.3) is 5.91 Å². The van der Waals surface area contributed by atoms with Gasteiger partial charge in [-0.15, -0.1) is 0 Å². The van der Waals surface area contributed by atoms with Gasteiger partial charge in [-0.25, -0.2) is 8.42 Å². The van der Waals surface area contributed by atoms with Crippen LogP contribution in [0.3, 0.4) is 0 Å². The predicted octanol–water partition coefficient (Wildman–Crippen LogP) is 4.49. The van der Waals surface area contributed by atoms with E-state index in [0.29, 0.717) is 17.4 Å². The maximum absolute atomic E-state index is 13.6.